The van der Waals surface area contributed by atoms with Gasteiger partial charge in [-0.05, 0) is 156 Å². The average Bonchev–Trinajstić information content (AvgIpc) is 4.17. The SMILES string of the molecule is C1=CC(c2nnc(-c3ccc(-c4ccccc4-c4ccccc4-c4ccc(N(c5ccccc5)c5ccc(-c6ccc7c(c6)C6(c8ccccc8-c8ccccc86)c6ccccc6-7)cc5)cc4)cc3)o2)=CCC1. The number of anilines is 3. The first-order valence-corrected chi connectivity index (χ1v) is 25.2. The van der Waals surface area contributed by atoms with E-state index >= 15 is 0 Å². The van der Waals surface area contributed by atoms with Gasteiger partial charge in [0.1, 0.15) is 0 Å². The predicted molar refractivity (Wildman–Crippen MR) is 299 cm³/mol. The summed E-state index contributed by atoms with van der Waals surface area (Å²) in [6, 6.07) is 88.7. The normalized spacial score (nSPS) is 13.5. The van der Waals surface area contributed by atoms with Crippen LogP contribution < -0.4 is 4.90 Å². The van der Waals surface area contributed by atoms with Gasteiger partial charge in [0.05, 0.1) is 5.41 Å². The second kappa shape index (κ2) is 17.5. The van der Waals surface area contributed by atoms with Crippen LogP contribution in [0.1, 0.15) is 41.0 Å². The van der Waals surface area contributed by atoms with Crippen LogP contribution >= 0.6 is 0 Å². The molecule has 0 atom stereocenters. The van der Waals surface area contributed by atoms with Crippen molar-refractivity contribution < 1.29 is 4.42 Å². The third-order valence-corrected chi connectivity index (χ3v) is 15.2. The molecule has 0 saturated carbocycles. The lowest BCUT2D eigenvalue weighted by molar-refractivity contribution is 0.554. The standard InChI is InChI=1S/C69H47N3O/c1-3-17-49(18-4-1)67-70-71-68(73-67)50-33-31-47(32-34-50)55-21-7-9-23-57(55)58-24-10-8-22-56(58)48-37-42-54(43-38-48)72(52-19-5-2-6-20-52)53-40-35-46(36-41-53)51-39-44-62-61-27-13-16-30-65(61)69(66(62)45-51)63-28-14-11-25-59(63)60-26-12-15-29-64(60)69/h2-3,5-45H,1,4H2. The Kier molecular flexibility index (Phi) is 10.2. The van der Waals surface area contributed by atoms with Gasteiger partial charge in [-0.3, -0.25) is 0 Å². The molecular formula is C69H47N3O. The third kappa shape index (κ3) is 6.98. The van der Waals surface area contributed by atoms with Crippen LogP contribution in [0.2, 0.25) is 0 Å². The molecule has 0 bridgehead atoms. The fourth-order valence-electron chi connectivity index (χ4n) is 11.9. The number of para-hydroxylation sites is 1. The molecule has 344 valence electrons. The van der Waals surface area contributed by atoms with Crippen molar-refractivity contribution in [3.8, 4) is 78.2 Å². The van der Waals surface area contributed by atoms with Gasteiger partial charge in [-0.15, -0.1) is 10.2 Å². The number of rotatable bonds is 9. The first kappa shape index (κ1) is 42.5. The Labute approximate surface area is 425 Å². The van der Waals surface area contributed by atoms with Gasteiger partial charge in [0.15, 0.2) is 0 Å². The summed E-state index contributed by atoms with van der Waals surface area (Å²) in [5.74, 6) is 1.07. The Morgan fingerprint density at radius 1 is 0.329 bits per heavy atom. The molecule has 11 aromatic rings. The highest BCUT2D eigenvalue weighted by Gasteiger charge is 2.51. The number of allylic oxidation sites excluding steroid dienone is 4. The van der Waals surface area contributed by atoms with Gasteiger partial charge < -0.3 is 9.32 Å². The predicted octanol–water partition coefficient (Wildman–Crippen LogP) is 18.0. The zero-order chi connectivity index (χ0) is 48.3. The Hall–Kier alpha value is -9.38. The molecule has 0 N–H and O–H groups in total. The first-order chi connectivity index (χ1) is 36.2. The molecule has 73 heavy (non-hydrogen) atoms. The number of nitrogens with zero attached hydrogens (tertiary/aromatic N) is 3. The summed E-state index contributed by atoms with van der Waals surface area (Å²) < 4.78 is 6.11. The van der Waals surface area contributed by atoms with Crippen LogP contribution in [0.25, 0.3) is 83.8 Å². The van der Waals surface area contributed by atoms with E-state index in [0.29, 0.717) is 11.8 Å². The smallest absolute Gasteiger partial charge is 0.248 e. The highest BCUT2D eigenvalue weighted by Crippen LogP contribution is 2.63. The van der Waals surface area contributed by atoms with Crippen LogP contribution in [0, 0.1) is 0 Å². The quantitative estimate of drug-likeness (QED) is 0.145. The lowest BCUT2D eigenvalue weighted by Gasteiger charge is -2.30. The number of fused-ring (bicyclic) bond motifs is 10. The van der Waals surface area contributed by atoms with Gasteiger partial charge in [0, 0.05) is 28.2 Å². The highest BCUT2D eigenvalue weighted by molar-refractivity contribution is 5.97. The van der Waals surface area contributed by atoms with E-state index in [0.717, 1.165) is 63.3 Å². The molecule has 1 aromatic heterocycles. The van der Waals surface area contributed by atoms with Crippen molar-refractivity contribution in [1.82, 2.24) is 10.2 Å². The zero-order valence-corrected chi connectivity index (χ0v) is 40.0. The van der Waals surface area contributed by atoms with Crippen LogP contribution in [0.5, 0.6) is 0 Å². The topological polar surface area (TPSA) is 42.2 Å². The first-order valence-electron chi connectivity index (χ1n) is 25.2. The van der Waals surface area contributed by atoms with Crippen LogP contribution in [0.4, 0.5) is 17.1 Å². The molecule has 4 heteroatoms. The van der Waals surface area contributed by atoms with E-state index in [-0.39, 0.29) is 5.41 Å². The van der Waals surface area contributed by atoms with E-state index < -0.39 is 0 Å². The van der Waals surface area contributed by atoms with E-state index in [1.54, 1.807) is 0 Å². The molecule has 0 fully saturated rings. The van der Waals surface area contributed by atoms with Crippen molar-refractivity contribution in [2.24, 2.45) is 0 Å². The summed E-state index contributed by atoms with van der Waals surface area (Å²) >= 11 is 0. The molecular weight excluding hydrogens is 887 g/mol. The van der Waals surface area contributed by atoms with Crippen molar-refractivity contribution in [3.63, 3.8) is 0 Å². The van der Waals surface area contributed by atoms with E-state index in [4.69, 9.17) is 4.42 Å². The maximum absolute atomic E-state index is 6.11. The Morgan fingerprint density at radius 2 is 0.753 bits per heavy atom. The minimum Gasteiger partial charge on any atom is -0.416 e. The van der Waals surface area contributed by atoms with E-state index in [2.05, 4.69) is 276 Å². The number of hydrogen-bond acceptors (Lipinski definition) is 4. The third-order valence-electron chi connectivity index (χ3n) is 15.2. The van der Waals surface area contributed by atoms with Crippen LogP contribution in [-0.2, 0) is 5.41 Å². The molecule has 0 aliphatic heterocycles. The summed E-state index contributed by atoms with van der Waals surface area (Å²) in [7, 11) is 0. The molecule has 14 rings (SSSR count). The molecule has 0 radical (unpaired) electrons. The Bertz CT molecular complexity index is 3890. The van der Waals surface area contributed by atoms with Gasteiger partial charge in [-0.25, -0.2) is 0 Å². The molecule has 0 amide bonds. The summed E-state index contributed by atoms with van der Waals surface area (Å²) in [5.41, 5.74) is 24.7. The van der Waals surface area contributed by atoms with Crippen molar-refractivity contribution >= 4 is 22.6 Å². The van der Waals surface area contributed by atoms with Crippen molar-refractivity contribution in [3.05, 3.63) is 289 Å². The van der Waals surface area contributed by atoms with Gasteiger partial charge >= 0.3 is 0 Å². The Morgan fingerprint density at radius 3 is 1.30 bits per heavy atom. The second-order valence-corrected chi connectivity index (χ2v) is 19.1. The van der Waals surface area contributed by atoms with E-state index in [1.807, 2.05) is 0 Å². The van der Waals surface area contributed by atoms with Gasteiger partial charge in [0.25, 0.3) is 0 Å². The lowest BCUT2D eigenvalue weighted by Crippen LogP contribution is -2.25. The number of hydrogen-bond donors (Lipinski definition) is 0. The van der Waals surface area contributed by atoms with Crippen molar-refractivity contribution in [2.75, 3.05) is 4.90 Å². The fourth-order valence-corrected chi connectivity index (χ4v) is 11.9. The lowest BCUT2D eigenvalue weighted by atomic mass is 9.70. The minimum absolute atomic E-state index is 0.380. The molecule has 3 aliphatic carbocycles. The maximum Gasteiger partial charge on any atom is 0.248 e. The monoisotopic (exact) mass is 933 g/mol. The van der Waals surface area contributed by atoms with E-state index in [9.17, 15) is 0 Å². The van der Waals surface area contributed by atoms with Crippen molar-refractivity contribution in [1.29, 1.82) is 0 Å². The van der Waals surface area contributed by atoms with Gasteiger partial charge in [0.2, 0.25) is 11.8 Å². The molecule has 10 aromatic carbocycles. The Balaban J connectivity index is 0.780. The number of benzene rings is 10. The molecule has 0 saturated heterocycles. The minimum atomic E-state index is -0.380. The summed E-state index contributed by atoms with van der Waals surface area (Å²) in [5, 5.41) is 8.73. The fraction of sp³-hybridized carbons (Fsp3) is 0.0435. The average molecular weight is 934 g/mol. The molecule has 1 heterocycles. The maximum atomic E-state index is 6.11. The highest BCUT2D eigenvalue weighted by atomic mass is 16.4. The van der Waals surface area contributed by atoms with Crippen LogP contribution in [0.15, 0.2) is 265 Å². The molecule has 1 spiro atoms. The molecule has 0 unspecified atom stereocenters. The van der Waals surface area contributed by atoms with Gasteiger partial charge in [-0.2, -0.15) is 0 Å². The van der Waals surface area contributed by atoms with Crippen molar-refractivity contribution in [2.45, 2.75) is 18.3 Å². The van der Waals surface area contributed by atoms with Crippen LogP contribution in [0.3, 0.4) is 0 Å². The summed E-state index contributed by atoms with van der Waals surface area (Å²) in [4.78, 5) is 2.35. The summed E-state index contributed by atoms with van der Waals surface area (Å²) in [6.07, 6.45) is 8.38. The van der Waals surface area contributed by atoms with Crippen LogP contribution in [-0.4, -0.2) is 10.2 Å². The zero-order valence-electron chi connectivity index (χ0n) is 40.0. The number of aromatic nitrogens is 2. The molecule has 3 aliphatic rings. The molecule has 4 nitrogen and oxygen atoms in total. The largest absolute Gasteiger partial charge is 0.416 e. The summed E-state index contributed by atoms with van der Waals surface area (Å²) in [6.45, 7) is 0. The van der Waals surface area contributed by atoms with E-state index in [1.165, 1.54) is 66.8 Å². The van der Waals surface area contributed by atoms with Gasteiger partial charge in [-0.1, -0.05) is 206 Å². The second-order valence-electron chi connectivity index (χ2n) is 19.1.